The Labute approximate surface area is 208 Å². The summed E-state index contributed by atoms with van der Waals surface area (Å²) in [4.78, 5) is 4.10. The smallest absolute Gasteiger partial charge is 0.0390 e. The topological polar surface area (TPSA) is 24.9 Å². The minimum atomic E-state index is 0.170. The third-order valence-electron chi connectivity index (χ3n) is 6.35. The Bertz CT molecular complexity index is 1390. The molecule has 172 valence electrons. The molecule has 2 nitrogen and oxygen atoms in total. The van der Waals surface area contributed by atoms with Gasteiger partial charge in [0.1, 0.15) is 0 Å². The van der Waals surface area contributed by atoms with Gasteiger partial charge in [-0.25, -0.2) is 0 Å². The standard InChI is InChI=1S/C33H30N2/c1-33(2,3)30-15-11-25(12-16-30)24-7-9-27(10-8-24)29-5-4-6-32(23-29)35-31-17-13-26(14-18-31)28-19-21-34-22-20-28/h4-23,35H,1-3H3. The van der Waals surface area contributed by atoms with Crippen molar-refractivity contribution < 1.29 is 0 Å². The van der Waals surface area contributed by atoms with E-state index in [1.165, 1.54) is 38.9 Å². The summed E-state index contributed by atoms with van der Waals surface area (Å²) in [6.45, 7) is 6.74. The third-order valence-corrected chi connectivity index (χ3v) is 6.35. The van der Waals surface area contributed by atoms with Gasteiger partial charge in [-0.2, -0.15) is 0 Å². The third kappa shape index (κ3) is 5.33. The van der Waals surface area contributed by atoms with Crippen molar-refractivity contribution >= 4 is 11.4 Å². The highest BCUT2D eigenvalue weighted by Crippen LogP contribution is 2.30. The van der Waals surface area contributed by atoms with Crippen LogP contribution in [0.3, 0.4) is 0 Å². The summed E-state index contributed by atoms with van der Waals surface area (Å²) in [5.41, 5.74) is 10.9. The van der Waals surface area contributed by atoms with E-state index in [2.05, 4.69) is 128 Å². The van der Waals surface area contributed by atoms with Crippen molar-refractivity contribution in [2.45, 2.75) is 26.2 Å². The van der Waals surface area contributed by atoms with Gasteiger partial charge in [0.15, 0.2) is 0 Å². The van der Waals surface area contributed by atoms with Gasteiger partial charge < -0.3 is 5.32 Å². The van der Waals surface area contributed by atoms with Gasteiger partial charge in [0, 0.05) is 23.8 Å². The second kappa shape index (κ2) is 9.60. The van der Waals surface area contributed by atoms with E-state index < -0.39 is 0 Å². The normalized spacial score (nSPS) is 11.3. The summed E-state index contributed by atoms with van der Waals surface area (Å²) in [5, 5.41) is 3.53. The summed E-state index contributed by atoms with van der Waals surface area (Å²) in [6, 6.07) is 38.8. The van der Waals surface area contributed by atoms with Crippen molar-refractivity contribution in [3.63, 3.8) is 0 Å². The first kappa shape index (κ1) is 22.6. The monoisotopic (exact) mass is 454 g/mol. The van der Waals surface area contributed by atoms with Gasteiger partial charge in [0.25, 0.3) is 0 Å². The molecule has 0 saturated carbocycles. The van der Waals surface area contributed by atoms with Crippen LogP contribution in [0.1, 0.15) is 26.3 Å². The lowest BCUT2D eigenvalue weighted by atomic mass is 9.86. The van der Waals surface area contributed by atoms with Gasteiger partial charge in [-0.15, -0.1) is 0 Å². The maximum Gasteiger partial charge on any atom is 0.0390 e. The van der Waals surface area contributed by atoms with E-state index in [4.69, 9.17) is 0 Å². The van der Waals surface area contributed by atoms with Crippen molar-refractivity contribution in [1.29, 1.82) is 0 Å². The van der Waals surface area contributed by atoms with E-state index in [1.807, 2.05) is 24.5 Å². The summed E-state index contributed by atoms with van der Waals surface area (Å²) in [6.07, 6.45) is 3.64. The molecule has 5 rings (SSSR count). The van der Waals surface area contributed by atoms with Gasteiger partial charge in [-0.1, -0.05) is 93.6 Å². The van der Waals surface area contributed by atoms with E-state index in [0.29, 0.717) is 0 Å². The van der Waals surface area contributed by atoms with Crippen LogP contribution < -0.4 is 5.32 Å². The van der Waals surface area contributed by atoms with Gasteiger partial charge in [0.05, 0.1) is 0 Å². The Kier molecular flexibility index (Phi) is 6.20. The van der Waals surface area contributed by atoms with Gasteiger partial charge in [-0.05, 0) is 80.8 Å². The number of aromatic nitrogens is 1. The van der Waals surface area contributed by atoms with Crippen LogP contribution in [0.15, 0.2) is 122 Å². The van der Waals surface area contributed by atoms with Crippen molar-refractivity contribution in [2.75, 3.05) is 5.32 Å². The summed E-state index contributed by atoms with van der Waals surface area (Å²) < 4.78 is 0. The van der Waals surface area contributed by atoms with Crippen molar-refractivity contribution in [3.8, 4) is 33.4 Å². The number of benzene rings is 4. The lowest BCUT2D eigenvalue weighted by Crippen LogP contribution is -2.10. The van der Waals surface area contributed by atoms with E-state index in [9.17, 15) is 0 Å². The molecule has 0 aliphatic carbocycles. The average molecular weight is 455 g/mol. The van der Waals surface area contributed by atoms with Crippen LogP contribution in [0.5, 0.6) is 0 Å². The van der Waals surface area contributed by atoms with Crippen LogP contribution in [0.2, 0.25) is 0 Å². The van der Waals surface area contributed by atoms with E-state index in [0.717, 1.165) is 11.4 Å². The lowest BCUT2D eigenvalue weighted by Gasteiger charge is -2.19. The highest BCUT2D eigenvalue weighted by molar-refractivity contribution is 5.74. The Morgan fingerprint density at radius 2 is 0.971 bits per heavy atom. The number of rotatable bonds is 5. The highest BCUT2D eigenvalue weighted by atomic mass is 14.9. The molecule has 0 unspecified atom stereocenters. The molecule has 1 aromatic heterocycles. The molecular weight excluding hydrogens is 424 g/mol. The minimum absolute atomic E-state index is 0.170. The maximum absolute atomic E-state index is 4.10. The van der Waals surface area contributed by atoms with Crippen LogP contribution in [0.25, 0.3) is 33.4 Å². The van der Waals surface area contributed by atoms with Crippen LogP contribution in [-0.2, 0) is 5.41 Å². The van der Waals surface area contributed by atoms with Crippen molar-refractivity contribution in [2.24, 2.45) is 0 Å². The van der Waals surface area contributed by atoms with E-state index >= 15 is 0 Å². The molecule has 4 aromatic carbocycles. The largest absolute Gasteiger partial charge is 0.356 e. The predicted octanol–water partition coefficient (Wildman–Crippen LogP) is 9.12. The molecule has 35 heavy (non-hydrogen) atoms. The molecule has 1 N–H and O–H groups in total. The lowest BCUT2D eigenvalue weighted by molar-refractivity contribution is 0.590. The zero-order chi connectivity index (χ0) is 24.3. The number of nitrogens with one attached hydrogen (secondary N) is 1. The zero-order valence-corrected chi connectivity index (χ0v) is 20.5. The Morgan fingerprint density at radius 3 is 1.54 bits per heavy atom. The molecule has 0 fully saturated rings. The molecular formula is C33H30N2. The fourth-order valence-corrected chi connectivity index (χ4v) is 4.25. The maximum atomic E-state index is 4.10. The predicted molar refractivity (Wildman–Crippen MR) is 149 cm³/mol. The fourth-order valence-electron chi connectivity index (χ4n) is 4.25. The first-order valence-corrected chi connectivity index (χ1v) is 12.0. The van der Waals surface area contributed by atoms with Crippen molar-refractivity contribution in [3.05, 3.63) is 127 Å². The molecule has 0 radical (unpaired) electrons. The molecule has 0 aliphatic heterocycles. The fraction of sp³-hybridized carbons (Fsp3) is 0.121. The second-order valence-corrected chi connectivity index (χ2v) is 9.92. The first-order valence-electron chi connectivity index (χ1n) is 12.0. The van der Waals surface area contributed by atoms with E-state index in [1.54, 1.807) is 0 Å². The highest BCUT2D eigenvalue weighted by Gasteiger charge is 2.13. The molecule has 0 atom stereocenters. The number of anilines is 2. The molecule has 0 saturated heterocycles. The van der Waals surface area contributed by atoms with E-state index in [-0.39, 0.29) is 5.41 Å². The Balaban J connectivity index is 1.31. The summed E-state index contributed by atoms with van der Waals surface area (Å²) in [5.74, 6) is 0. The van der Waals surface area contributed by atoms with Crippen LogP contribution >= 0.6 is 0 Å². The summed E-state index contributed by atoms with van der Waals surface area (Å²) >= 11 is 0. The zero-order valence-electron chi connectivity index (χ0n) is 20.5. The quantitative estimate of drug-likeness (QED) is 0.286. The average Bonchev–Trinajstić information content (AvgIpc) is 2.89. The van der Waals surface area contributed by atoms with Crippen LogP contribution in [0.4, 0.5) is 11.4 Å². The summed E-state index contributed by atoms with van der Waals surface area (Å²) in [7, 11) is 0. The first-order chi connectivity index (χ1) is 17.0. The molecule has 1 heterocycles. The Morgan fingerprint density at radius 1 is 0.486 bits per heavy atom. The molecule has 0 aliphatic rings. The molecule has 0 spiro atoms. The number of hydrogen-bond donors (Lipinski definition) is 1. The number of pyridine rings is 1. The molecule has 0 bridgehead atoms. The second-order valence-electron chi connectivity index (χ2n) is 9.92. The minimum Gasteiger partial charge on any atom is -0.356 e. The van der Waals surface area contributed by atoms with Gasteiger partial charge in [0.2, 0.25) is 0 Å². The molecule has 5 aromatic rings. The Hall–Kier alpha value is -4.17. The molecule has 2 heteroatoms. The number of hydrogen-bond acceptors (Lipinski definition) is 2. The SMILES string of the molecule is CC(C)(C)c1ccc(-c2ccc(-c3cccc(Nc4ccc(-c5ccncc5)cc4)c3)cc2)cc1. The van der Waals surface area contributed by atoms with Crippen LogP contribution in [0, 0.1) is 0 Å². The van der Waals surface area contributed by atoms with Gasteiger partial charge in [-0.3, -0.25) is 4.98 Å². The number of nitrogens with zero attached hydrogens (tertiary/aromatic N) is 1. The van der Waals surface area contributed by atoms with Crippen LogP contribution in [-0.4, -0.2) is 4.98 Å². The van der Waals surface area contributed by atoms with Crippen molar-refractivity contribution in [1.82, 2.24) is 4.98 Å². The van der Waals surface area contributed by atoms with Gasteiger partial charge >= 0.3 is 0 Å². The molecule has 0 amide bonds.